The number of aromatic nitrogens is 1. The van der Waals surface area contributed by atoms with Gasteiger partial charge in [0, 0.05) is 6.20 Å². The number of aromatic hydroxyl groups is 1. The summed E-state index contributed by atoms with van der Waals surface area (Å²) >= 11 is 0. The van der Waals surface area contributed by atoms with Crippen molar-refractivity contribution >= 4 is 5.97 Å². The maximum atomic E-state index is 10.2. The maximum absolute atomic E-state index is 10.2. The van der Waals surface area contributed by atoms with Crippen LogP contribution in [0.3, 0.4) is 0 Å². The van der Waals surface area contributed by atoms with Gasteiger partial charge in [0.25, 0.3) is 0 Å². The van der Waals surface area contributed by atoms with Gasteiger partial charge in [0.1, 0.15) is 5.75 Å². The highest BCUT2D eigenvalue weighted by Gasteiger charge is 2.01. The summed E-state index contributed by atoms with van der Waals surface area (Å²) in [5, 5.41) is 17.1. The van der Waals surface area contributed by atoms with E-state index in [0.717, 1.165) is 6.07 Å². The number of aromatic carboxylic acids is 1. The Morgan fingerprint density at radius 2 is 2.09 bits per heavy atom. The van der Waals surface area contributed by atoms with Crippen LogP contribution in [0.4, 0.5) is 0 Å². The predicted molar refractivity (Wildman–Crippen MR) is 36.5 cm³/mol. The summed E-state index contributed by atoms with van der Waals surface area (Å²) < 4.78 is 0. The fraction of sp³-hybridized carbons (Fsp3) is 0. The van der Waals surface area contributed by atoms with Gasteiger partial charge >= 0.3 is 5.97 Å². The molecule has 4 N–H and O–H groups in total. The SMILES string of the molecule is O.O=C(O)c1cncc(O)c1. The molecule has 0 amide bonds. The summed E-state index contributed by atoms with van der Waals surface area (Å²) in [6.45, 7) is 0. The van der Waals surface area contributed by atoms with E-state index in [1.165, 1.54) is 12.4 Å². The standard InChI is InChI=1S/C6H5NO3.H2O/c8-5-1-4(6(9)10)2-7-3-5;/h1-3,8H,(H,9,10);1H2. The minimum absolute atomic E-state index is 0. The van der Waals surface area contributed by atoms with Crippen LogP contribution in [0.1, 0.15) is 10.4 Å². The molecule has 0 aliphatic carbocycles. The van der Waals surface area contributed by atoms with Crippen molar-refractivity contribution in [2.75, 3.05) is 0 Å². The second-order valence-electron chi connectivity index (χ2n) is 1.74. The zero-order valence-electron chi connectivity index (χ0n) is 5.48. The van der Waals surface area contributed by atoms with Crippen molar-refractivity contribution in [3.63, 3.8) is 0 Å². The number of hydrogen-bond acceptors (Lipinski definition) is 3. The molecule has 11 heavy (non-hydrogen) atoms. The molecule has 0 aliphatic heterocycles. The molecule has 0 saturated carbocycles. The Hall–Kier alpha value is -1.62. The first-order valence-electron chi connectivity index (χ1n) is 2.57. The Labute approximate surface area is 62.2 Å². The minimum Gasteiger partial charge on any atom is -0.506 e. The second kappa shape index (κ2) is 3.52. The molecule has 0 saturated heterocycles. The van der Waals surface area contributed by atoms with Gasteiger partial charge in [-0.25, -0.2) is 4.79 Å². The number of carbonyl (C=O) groups is 1. The van der Waals surface area contributed by atoms with E-state index in [0.29, 0.717) is 0 Å². The van der Waals surface area contributed by atoms with Crippen molar-refractivity contribution in [1.82, 2.24) is 4.98 Å². The molecule has 0 bridgehead atoms. The van der Waals surface area contributed by atoms with Crippen LogP contribution < -0.4 is 0 Å². The molecular formula is C6H7NO4. The first kappa shape index (κ1) is 9.38. The van der Waals surface area contributed by atoms with Gasteiger partial charge in [0.15, 0.2) is 0 Å². The van der Waals surface area contributed by atoms with Crippen LogP contribution in [0.5, 0.6) is 5.75 Å². The number of carboxylic acid groups (broad SMARTS) is 1. The van der Waals surface area contributed by atoms with Gasteiger partial charge in [0.05, 0.1) is 11.8 Å². The molecule has 0 atom stereocenters. The molecule has 0 aliphatic rings. The maximum Gasteiger partial charge on any atom is 0.337 e. The predicted octanol–water partition coefficient (Wildman–Crippen LogP) is -0.339. The van der Waals surface area contributed by atoms with E-state index in [9.17, 15) is 4.79 Å². The number of rotatable bonds is 1. The number of nitrogens with zero attached hydrogens (tertiary/aromatic N) is 1. The van der Waals surface area contributed by atoms with Crippen molar-refractivity contribution in [3.8, 4) is 5.75 Å². The molecule has 1 rings (SSSR count). The quantitative estimate of drug-likeness (QED) is 0.582. The van der Waals surface area contributed by atoms with Crippen molar-refractivity contribution in [1.29, 1.82) is 0 Å². The highest BCUT2D eigenvalue weighted by Crippen LogP contribution is 2.07. The van der Waals surface area contributed by atoms with E-state index in [1.807, 2.05) is 0 Å². The van der Waals surface area contributed by atoms with E-state index >= 15 is 0 Å². The summed E-state index contributed by atoms with van der Waals surface area (Å²) in [7, 11) is 0. The molecule has 60 valence electrons. The average Bonchev–Trinajstić information content (AvgIpc) is 1.88. The van der Waals surface area contributed by atoms with Crippen LogP contribution >= 0.6 is 0 Å². The monoisotopic (exact) mass is 157 g/mol. The summed E-state index contributed by atoms with van der Waals surface area (Å²) in [5.74, 6) is -1.23. The van der Waals surface area contributed by atoms with Crippen molar-refractivity contribution in [2.24, 2.45) is 0 Å². The zero-order valence-corrected chi connectivity index (χ0v) is 5.48. The van der Waals surface area contributed by atoms with Gasteiger partial charge in [-0.2, -0.15) is 0 Å². The van der Waals surface area contributed by atoms with E-state index < -0.39 is 5.97 Å². The van der Waals surface area contributed by atoms with Gasteiger partial charge < -0.3 is 15.7 Å². The van der Waals surface area contributed by atoms with E-state index in [1.54, 1.807) is 0 Å². The molecule has 1 aromatic rings. The Balaban J connectivity index is 0.000001000. The molecule has 1 heterocycles. The normalized spacial score (nSPS) is 8.36. The highest BCUT2D eigenvalue weighted by atomic mass is 16.4. The summed E-state index contributed by atoms with van der Waals surface area (Å²) in [6.07, 6.45) is 2.34. The third-order valence-electron chi connectivity index (χ3n) is 0.971. The molecule has 1 aromatic heterocycles. The first-order valence-corrected chi connectivity index (χ1v) is 2.57. The van der Waals surface area contributed by atoms with Gasteiger partial charge in [-0.1, -0.05) is 0 Å². The van der Waals surface area contributed by atoms with Gasteiger partial charge in [-0.3, -0.25) is 4.98 Å². The molecule has 0 aromatic carbocycles. The molecule has 5 nitrogen and oxygen atoms in total. The summed E-state index contributed by atoms with van der Waals surface area (Å²) in [6, 6.07) is 1.13. The molecular weight excluding hydrogens is 150 g/mol. The first-order chi connectivity index (χ1) is 4.70. The van der Waals surface area contributed by atoms with Crippen LogP contribution in [-0.4, -0.2) is 26.6 Å². The zero-order chi connectivity index (χ0) is 7.56. The Bertz CT molecular complexity index is 261. The van der Waals surface area contributed by atoms with E-state index in [2.05, 4.69) is 4.98 Å². The Morgan fingerprint density at radius 1 is 1.45 bits per heavy atom. The lowest BCUT2D eigenvalue weighted by molar-refractivity contribution is 0.0696. The number of carboxylic acids is 1. The minimum atomic E-state index is -1.09. The molecule has 0 fully saturated rings. The van der Waals surface area contributed by atoms with Crippen LogP contribution in [-0.2, 0) is 0 Å². The second-order valence-corrected chi connectivity index (χ2v) is 1.74. The van der Waals surface area contributed by atoms with Crippen molar-refractivity contribution in [3.05, 3.63) is 24.0 Å². The number of pyridine rings is 1. The third-order valence-corrected chi connectivity index (χ3v) is 0.971. The van der Waals surface area contributed by atoms with Gasteiger partial charge in [-0.05, 0) is 6.07 Å². The summed E-state index contributed by atoms with van der Waals surface area (Å²) in [5.41, 5.74) is -0.0139. The lowest BCUT2D eigenvalue weighted by Crippen LogP contribution is -1.95. The number of hydrogen-bond donors (Lipinski definition) is 2. The fourth-order valence-corrected chi connectivity index (χ4v) is 0.545. The van der Waals surface area contributed by atoms with Crippen LogP contribution in [0.15, 0.2) is 18.5 Å². The molecule has 0 spiro atoms. The lowest BCUT2D eigenvalue weighted by Gasteiger charge is -1.92. The lowest BCUT2D eigenvalue weighted by atomic mass is 10.3. The van der Waals surface area contributed by atoms with Crippen molar-refractivity contribution < 1.29 is 20.5 Å². The topological polar surface area (TPSA) is 102 Å². The highest BCUT2D eigenvalue weighted by molar-refractivity contribution is 5.87. The van der Waals surface area contributed by atoms with E-state index in [4.69, 9.17) is 10.2 Å². The van der Waals surface area contributed by atoms with Crippen molar-refractivity contribution in [2.45, 2.75) is 0 Å². The van der Waals surface area contributed by atoms with Crippen LogP contribution in [0, 0.1) is 0 Å². The smallest absolute Gasteiger partial charge is 0.337 e. The molecule has 0 radical (unpaired) electrons. The molecule has 0 unspecified atom stereocenters. The largest absolute Gasteiger partial charge is 0.506 e. The van der Waals surface area contributed by atoms with Crippen LogP contribution in [0.25, 0.3) is 0 Å². The van der Waals surface area contributed by atoms with Crippen LogP contribution in [0.2, 0.25) is 0 Å². The van der Waals surface area contributed by atoms with E-state index in [-0.39, 0.29) is 16.8 Å². The van der Waals surface area contributed by atoms with Gasteiger partial charge in [-0.15, -0.1) is 0 Å². The Morgan fingerprint density at radius 3 is 2.45 bits per heavy atom. The Kier molecular flexibility index (Phi) is 3.01. The molecule has 5 heteroatoms. The average molecular weight is 157 g/mol. The summed E-state index contributed by atoms with van der Waals surface area (Å²) in [4.78, 5) is 13.7. The fourth-order valence-electron chi connectivity index (χ4n) is 0.545. The third kappa shape index (κ3) is 2.23. The van der Waals surface area contributed by atoms with Gasteiger partial charge in [0.2, 0.25) is 0 Å².